The van der Waals surface area contributed by atoms with Gasteiger partial charge in [-0.05, 0) is 32.4 Å². The predicted molar refractivity (Wildman–Crippen MR) is 69.0 cm³/mol. The van der Waals surface area contributed by atoms with Gasteiger partial charge in [0.25, 0.3) is 5.91 Å². The highest BCUT2D eigenvalue weighted by Gasteiger charge is 2.12. The number of amides is 1. The Morgan fingerprint density at radius 1 is 1.35 bits per heavy atom. The highest BCUT2D eigenvalue weighted by Crippen LogP contribution is 2.25. The number of hydrogen-bond acceptors (Lipinski definition) is 3. The Balaban J connectivity index is 2.64. The Kier molecular flexibility index (Phi) is 4.82. The van der Waals surface area contributed by atoms with Crippen LogP contribution >= 0.6 is 0 Å². The first-order chi connectivity index (χ1) is 8.10. The standard InChI is InChI=1S/C13H20N2O2/c1-4-15(5-2)12(16)9-17-13-10(3)7-6-8-11(13)14/h6-8H,4-5,9,14H2,1-3H3. The second kappa shape index (κ2) is 6.13. The first-order valence-electron chi connectivity index (χ1n) is 5.85. The van der Waals surface area contributed by atoms with E-state index in [1.54, 1.807) is 11.0 Å². The third-order valence-corrected chi connectivity index (χ3v) is 2.70. The zero-order valence-electron chi connectivity index (χ0n) is 10.7. The number of benzene rings is 1. The number of anilines is 1. The molecule has 0 atom stereocenters. The van der Waals surface area contributed by atoms with Crippen molar-refractivity contribution >= 4 is 11.6 Å². The number of hydrogen-bond donors (Lipinski definition) is 1. The van der Waals surface area contributed by atoms with Crippen molar-refractivity contribution < 1.29 is 9.53 Å². The average molecular weight is 236 g/mol. The minimum atomic E-state index is -0.0161. The van der Waals surface area contributed by atoms with E-state index in [4.69, 9.17) is 10.5 Å². The number of carbonyl (C=O) groups excluding carboxylic acids is 1. The highest BCUT2D eigenvalue weighted by molar-refractivity contribution is 5.78. The zero-order chi connectivity index (χ0) is 12.8. The van der Waals surface area contributed by atoms with E-state index >= 15 is 0 Å². The first kappa shape index (κ1) is 13.4. The maximum absolute atomic E-state index is 11.8. The molecular formula is C13H20N2O2. The number of carbonyl (C=O) groups is 1. The Labute approximate surface area is 102 Å². The van der Waals surface area contributed by atoms with Crippen LogP contribution in [0.1, 0.15) is 19.4 Å². The van der Waals surface area contributed by atoms with Crippen LogP contribution in [0.4, 0.5) is 5.69 Å². The van der Waals surface area contributed by atoms with Crippen molar-refractivity contribution in [1.29, 1.82) is 0 Å². The molecule has 0 fully saturated rings. The molecule has 0 radical (unpaired) electrons. The molecule has 1 amide bonds. The minimum absolute atomic E-state index is 0.0161. The summed E-state index contributed by atoms with van der Waals surface area (Å²) in [6.45, 7) is 7.24. The lowest BCUT2D eigenvalue weighted by Crippen LogP contribution is -2.34. The van der Waals surface area contributed by atoms with E-state index in [2.05, 4.69) is 0 Å². The molecule has 4 heteroatoms. The quantitative estimate of drug-likeness (QED) is 0.793. The van der Waals surface area contributed by atoms with E-state index in [-0.39, 0.29) is 12.5 Å². The van der Waals surface area contributed by atoms with Gasteiger partial charge >= 0.3 is 0 Å². The second-order valence-electron chi connectivity index (χ2n) is 3.85. The van der Waals surface area contributed by atoms with Gasteiger partial charge in [0, 0.05) is 13.1 Å². The van der Waals surface area contributed by atoms with Crippen molar-refractivity contribution in [3.63, 3.8) is 0 Å². The van der Waals surface area contributed by atoms with Crippen LogP contribution in [0, 0.1) is 6.92 Å². The molecule has 0 aliphatic rings. The monoisotopic (exact) mass is 236 g/mol. The smallest absolute Gasteiger partial charge is 0.260 e. The lowest BCUT2D eigenvalue weighted by Gasteiger charge is -2.19. The summed E-state index contributed by atoms with van der Waals surface area (Å²) >= 11 is 0. The fourth-order valence-corrected chi connectivity index (χ4v) is 1.67. The third kappa shape index (κ3) is 3.37. The van der Waals surface area contributed by atoms with Crippen molar-refractivity contribution in [1.82, 2.24) is 4.90 Å². The average Bonchev–Trinajstić information content (AvgIpc) is 2.30. The van der Waals surface area contributed by atoms with Gasteiger partial charge in [-0.3, -0.25) is 4.79 Å². The van der Waals surface area contributed by atoms with E-state index in [1.807, 2.05) is 32.9 Å². The van der Waals surface area contributed by atoms with Gasteiger partial charge in [0.2, 0.25) is 0 Å². The number of ether oxygens (including phenoxy) is 1. The molecule has 0 saturated heterocycles. The normalized spacial score (nSPS) is 10.1. The van der Waals surface area contributed by atoms with E-state index in [0.717, 1.165) is 5.56 Å². The third-order valence-electron chi connectivity index (χ3n) is 2.70. The Bertz CT molecular complexity index is 367. The molecule has 0 aliphatic heterocycles. The molecule has 17 heavy (non-hydrogen) atoms. The molecule has 2 N–H and O–H groups in total. The largest absolute Gasteiger partial charge is 0.481 e. The lowest BCUT2D eigenvalue weighted by atomic mass is 10.2. The number of likely N-dealkylation sites (N-methyl/N-ethyl adjacent to an activating group) is 1. The summed E-state index contributed by atoms with van der Waals surface area (Å²) in [5.41, 5.74) is 7.31. The van der Waals surface area contributed by atoms with Gasteiger partial charge in [0.05, 0.1) is 5.69 Å². The van der Waals surface area contributed by atoms with Crippen molar-refractivity contribution in [3.05, 3.63) is 23.8 Å². The molecule has 1 aromatic rings. The summed E-state index contributed by atoms with van der Waals surface area (Å²) in [6.07, 6.45) is 0. The molecule has 0 bridgehead atoms. The van der Waals surface area contributed by atoms with E-state index < -0.39 is 0 Å². The van der Waals surface area contributed by atoms with Crippen LogP contribution in [0.2, 0.25) is 0 Å². The maximum Gasteiger partial charge on any atom is 0.260 e. The molecular weight excluding hydrogens is 216 g/mol. The van der Waals surface area contributed by atoms with Gasteiger partial charge in [-0.25, -0.2) is 0 Å². The highest BCUT2D eigenvalue weighted by atomic mass is 16.5. The molecule has 0 spiro atoms. The molecule has 0 aromatic heterocycles. The van der Waals surface area contributed by atoms with Crippen LogP contribution in [-0.2, 0) is 4.79 Å². The summed E-state index contributed by atoms with van der Waals surface area (Å²) in [5, 5.41) is 0. The fourth-order valence-electron chi connectivity index (χ4n) is 1.67. The zero-order valence-corrected chi connectivity index (χ0v) is 10.7. The van der Waals surface area contributed by atoms with E-state index in [1.165, 1.54) is 0 Å². The van der Waals surface area contributed by atoms with Crippen molar-refractivity contribution in [2.45, 2.75) is 20.8 Å². The van der Waals surface area contributed by atoms with Crippen molar-refractivity contribution in [3.8, 4) is 5.75 Å². The van der Waals surface area contributed by atoms with Gasteiger partial charge < -0.3 is 15.4 Å². The summed E-state index contributed by atoms with van der Waals surface area (Å²) < 4.78 is 5.50. The first-order valence-corrected chi connectivity index (χ1v) is 5.85. The van der Waals surface area contributed by atoms with Crippen LogP contribution in [0.15, 0.2) is 18.2 Å². The molecule has 94 valence electrons. The SMILES string of the molecule is CCN(CC)C(=O)COc1c(C)cccc1N. The second-order valence-corrected chi connectivity index (χ2v) is 3.85. The number of nitrogen functional groups attached to an aromatic ring is 1. The van der Waals surface area contributed by atoms with Crippen LogP contribution in [0.5, 0.6) is 5.75 Å². The number of nitrogens with two attached hydrogens (primary N) is 1. The minimum Gasteiger partial charge on any atom is -0.481 e. The summed E-state index contributed by atoms with van der Waals surface area (Å²) in [6, 6.07) is 5.54. The van der Waals surface area contributed by atoms with Crippen LogP contribution in [0.3, 0.4) is 0 Å². The topological polar surface area (TPSA) is 55.6 Å². The van der Waals surface area contributed by atoms with Gasteiger partial charge in [-0.2, -0.15) is 0 Å². The van der Waals surface area contributed by atoms with Crippen molar-refractivity contribution in [2.75, 3.05) is 25.4 Å². The Morgan fingerprint density at radius 2 is 2.00 bits per heavy atom. The van der Waals surface area contributed by atoms with Gasteiger partial charge in [-0.15, -0.1) is 0 Å². The number of aryl methyl sites for hydroxylation is 1. The summed E-state index contributed by atoms with van der Waals surface area (Å²) in [4.78, 5) is 13.5. The molecule has 1 aromatic carbocycles. The lowest BCUT2D eigenvalue weighted by molar-refractivity contribution is -0.132. The fraction of sp³-hybridized carbons (Fsp3) is 0.462. The molecule has 0 saturated carbocycles. The van der Waals surface area contributed by atoms with Gasteiger partial charge in [-0.1, -0.05) is 12.1 Å². The Morgan fingerprint density at radius 3 is 2.53 bits per heavy atom. The van der Waals surface area contributed by atoms with Crippen LogP contribution in [-0.4, -0.2) is 30.5 Å². The van der Waals surface area contributed by atoms with Gasteiger partial charge in [0.1, 0.15) is 5.75 Å². The molecule has 4 nitrogen and oxygen atoms in total. The molecule has 0 unspecified atom stereocenters. The predicted octanol–water partition coefficient (Wildman–Crippen LogP) is 1.82. The summed E-state index contributed by atoms with van der Waals surface area (Å²) in [7, 11) is 0. The number of rotatable bonds is 5. The maximum atomic E-state index is 11.8. The van der Waals surface area contributed by atoms with E-state index in [9.17, 15) is 4.79 Å². The molecule has 0 heterocycles. The van der Waals surface area contributed by atoms with Crippen molar-refractivity contribution in [2.24, 2.45) is 0 Å². The Hall–Kier alpha value is -1.71. The van der Waals surface area contributed by atoms with Crippen LogP contribution < -0.4 is 10.5 Å². The van der Waals surface area contributed by atoms with E-state index in [0.29, 0.717) is 24.5 Å². The molecule has 1 rings (SSSR count). The number of nitrogens with zero attached hydrogens (tertiary/aromatic N) is 1. The summed E-state index contributed by atoms with van der Waals surface area (Å²) in [5.74, 6) is 0.589. The molecule has 0 aliphatic carbocycles. The number of para-hydroxylation sites is 1. The van der Waals surface area contributed by atoms with Gasteiger partial charge in [0.15, 0.2) is 6.61 Å². The van der Waals surface area contributed by atoms with Crippen LogP contribution in [0.25, 0.3) is 0 Å².